The number of carbonyl (C=O) groups excluding carboxylic acids is 2. The smallest absolute Gasteiger partial charge is 0.271 e. The Morgan fingerprint density at radius 3 is 2.42 bits per heavy atom. The van der Waals surface area contributed by atoms with Crippen LogP contribution in [0.1, 0.15) is 12.0 Å². The first-order valence-electron chi connectivity index (χ1n) is 8.65. The van der Waals surface area contributed by atoms with E-state index in [-0.39, 0.29) is 28.7 Å². The van der Waals surface area contributed by atoms with Crippen molar-refractivity contribution in [3.05, 3.63) is 74.3 Å². The summed E-state index contributed by atoms with van der Waals surface area (Å²) in [6.07, 6.45) is 1.18. The van der Waals surface area contributed by atoms with Crippen molar-refractivity contribution in [1.29, 1.82) is 0 Å². The molecule has 2 aromatic carbocycles. The second-order valence-corrected chi connectivity index (χ2v) is 7.41. The molecule has 0 aliphatic carbocycles. The standard InChI is InChI=1S/C18H14N6O6S/c19-18(21-20-10-11-4-6-12(7-5-11)23(27)28)31-15-9-16(25)22(17(15)26)13-2-1-3-14(8-13)24(29)30/h1-8,10,15H,9H2,(H2,19,21)/b20-10-/t15-/m1/s1. The lowest BCUT2D eigenvalue weighted by Gasteiger charge is -2.14. The number of imide groups is 1. The number of non-ortho nitro benzene ring substituents is 2. The summed E-state index contributed by atoms with van der Waals surface area (Å²) in [5.41, 5.74) is 6.14. The highest BCUT2D eigenvalue weighted by Gasteiger charge is 2.41. The van der Waals surface area contributed by atoms with Gasteiger partial charge in [0.2, 0.25) is 11.8 Å². The van der Waals surface area contributed by atoms with Crippen molar-refractivity contribution < 1.29 is 19.4 Å². The van der Waals surface area contributed by atoms with Crippen molar-refractivity contribution in [2.24, 2.45) is 15.9 Å². The van der Waals surface area contributed by atoms with E-state index in [2.05, 4.69) is 10.2 Å². The van der Waals surface area contributed by atoms with E-state index in [0.717, 1.165) is 22.7 Å². The van der Waals surface area contributed by atoms with E-state index < -0.39 is 26.9 Å². The normalized spacial score (nSPS) is 16.8. The molecule has 31 heavy (non-hydrogen) atoms. The number of nitrogens with two attached hydrogens (primary N) is 1. The predicted octanol–water partition coefficient (Wildman–Crippen LogP) is 2.22. The third kappa shape index (κ3) is 5.08. The zero-order valence-corrected chi connectivity index (χ0v) is 16.5. The van der Waals surface area contributed by atoms with Crippen molar-refractivity contribution in [1.82, 2.24) is 0 Å². The van der Waals surface area contributed by atoms with Crippen LogP contribution in [0, 0.1) is 20.2 Å². The average molecular weight is 442 g/mol. The van der Waals surface area contributed by atoms with Gasteiger partial charge in [0.05, 0.1) is 21.7 Å². The number of thioether (sulfide) groups is 1. The van der Waals surface area contributed by atoms with Gasteiger partial charge in [-0.2, -0.15) is 5.10 Å². The van der Waals surface area contributed by atoms with E-state index in [4.69, 9.17) is 5.73 Å². The van der Waals surface area contributed by atoms with Gasteiger partial charge >= 0.3 is 0 Å². The van der Waals surface area contributed by atoms with Crippen molar-refractivity contribution in [3.8, 4) is 0 Å². The molecule has 1 fully saturated rings. The first-order valence-corrected chi connectivity index (χ1v) is 9.53. The van der Waals surface area contributed by atoms with Gasteiger partial charge in [0.25, 0.3) is 11.4 Å². The molecule has 1 aliphatic rings. The highest BCUT2D eigenvalue weighted by Crippen LogP contribution is 2.31. The summed E-state index contributed by atoms with van der Waals surface area (Å²) in [6, 6.07) is 10.8. The number of nitro benzene ring substituents is 2. The third-order valence-corrected chi connectivity index (χ3v) is 5.11. The van der Waals surface area contributed by atoms with E-state index in [1.807, 2.05) is 0 Å². The lowest BCUT2D eigenvalue weighted by Crippen LogP contribution is -2.31. The van der Waals surface area contributed by atoms with Crippen LogP contribution >= 0.6 is 11.8 Å². The Bertz CT molecular complexity index is 1120. The quantitative estimate of drug-likeness (QED) is 0.233. The van der Waals surface area contributed by atoms with Crippen LogP contribution in [0.3, 0.4) is 0 Å². The van der Waals surface area contributed by atoms with Crippen LogP contribution in [-0.2, 0) is 9.59 Å². The van der Waals surface area contributed by atoms with Crippen LogP contribution in [0.15, 0.2) is 58.7 Å². The van der Waals surface area contributed by atoms with Crippen molar-refractivity contribution in [3.63, 3.8) is 0 Å². The number of amidine groups is 1. The molecular weight excluding hydrogens is 428 g/mol. The summed E-state index contributed by atoms with van der Waals surface area (Å²) < 4.78 is 0. The fourth-order valence-electron chi connectivity index (χ4n) is 2.72. The lowest BCUT2D eigenvalue weighted by atomic mass is 10.2. The number of carbonyl (C=O) groups is 2. The SMILES string of the molecule is N/C(=N/N=C\c1ccc([N+](=O)[O-])cc1)S[C@@H]1CC(=O)N(c2cccc([N+](=O)[O-])c2)C1=O. The van der Waals surface area contributed by atoms with E-state index in [1.165, 1.54) is 48.7 Å². The molecule has 2 N–H and O–H groups in total. The molecule has 13 heteroatoms. The summed E-state index contributed by atoms with van der Waals surface area (Å²) in [4.78, 5) is 46.2. The maximum atomic E-state index is 12.6. The van der Waals surface area contributed by atoms with Crippen LogP contribution in [0.4, 0.5) is 17.1 Å². The maximum absolute atomic E-state index is 12.6. The Balaban J connectivity index is 1.66. The Hall–Kier alpha value is -4.13. The van der Waals surface area contributed by atoms with Gasteiger partial charge in [0, 0.05) is 30.7 Å². The number of nitro groups is 2. The van der Waals surface area contributed by atoms with Crippen LogP contribution in [-0.4, -0.2) is 38.3 Å². The van der Waals surface area contributed by atoms with Crippen LogP contribution in [0.2, 0.25) is 0 Å². The number of hydrogen-bond donors (Lipinski definition) is 1. The second-order valence-electron chi connectivity index (χ2n) is 6.19. The summed E-state index contributed by atoms with van der Waals surface area (Å²) >= 11 is 0.848. The van der Waals surface area contributed by atoms with Gasteiger partial charge in [-0.15, -0.1) is 5.10 Å². The molecule has 2 amide bonds. The number of anilines is 1. The highest BCUT2D eigenvalue weighted by molar-refractivity contribution is 8.14. The minimum atomic E-state index is -0.843. The molecular formula is C18H14N6O6S. The van der Waals surface area contributed by atoms with Crippen molar-refractivity contribution >= 4 is 52.0 Å². The summed E-state index contributed by atoms with van der Waals surface area (Å²) in [5, 5.41) is 28.2. The zero-order chi connectivity index (χ0) is 22.5. The Morgan fingerprint density at radius 1 is 1.10 bits per heavy atom. The highest BCUT2D eigenvalue weighted by atomic mass is 32.2. The average Bonchev–Trinajstić information content (AvgIpc) is 3.01. The van der Waals surface area contributed by atoms with Crippen LogP contribution in [0.25, 0.3) is 0 Å². The molecule has 1 heterocycles. The maximum Gasteiger partial charge on any atom is 0.271 e. The molecule has 3 rings (SSSR count). The Kier molecular flexibility index (Phi) is 6.35. The van der Waals surface area contributed by atoms with Crippen molar-refractivity contribution in [2.75, 3.05) is 4.90 Å². The summed E-state index contributed by atoms with van der Waals surface area (Å²) in [5.74, 6) is -1.07. The molecule has 0 radical (unpaired) electrons. The van der Waals surface area contributed by atoms with Crippen LogP contribution in [0.5, 0.6) is 0 Å². The summed E-state index contributed by atoms with van der Waals surface area (Å²) in [6.45, 7) is 0. The molecule has 12 nitrogen and oxygen atoms in total. The van der Waals surface area contributed by atoms with E-state index in [9.17, 15) is 29.8 Å². The number of nitrogens with zero attached hydrogens (tertiary/aromatic N) is 5. The molecule has 0 bridgehead atoms. The molecule has 1 saturated heterocycles. The Morgan fingerprint density at radius 2 is 1.77 bits per heavy atom. The molecule has 0 spiro atoms. The molecule has 158 valence electrons. The minimum Gasteiger partial charge on any atom is -0.377 e. The zero-order valence-electron chi connectivity index (χ0n) is 15.7. The largest absolute Gasteiger partial charge is 0.377 e. The number of hydrogen-bond acceptors (Lipinski definition) is 9. The molecule has 0 unspecified atom stereocenters. The fourth-order valence-corrected chi connectivity index (χ4v) is 3.53. The number of amides is 2. The van der Waals surface area contributed by atoms with Crippen molar-refractivity contribution in [2.45, 2.75) is 11.7 Å². The number of benzene rings is 2. The van der Waals surface area contributed by atoms with Gasteiger partial charge in [0.1, 0.15) is 5.25 Å². The van der Waals surface area contributed by atoms with Gasteiger partial charge < -0.3 is 5.73 Å². The molecule has 0 saturated carbocycles. The topological polar surface area (TPSA) is 174 Å². The predicted molar refractivity (Wildman–Crippen MR) is 114 cm³/mol. The first kappa shape index (κ1) is 21.6. The van der Waals surface area contributed by atoms with E-state index in [0.29, 0.717) is 5.56 Å². The minimum absolute atomic E-state index is 0.0616. The molecule has 2 aromatic rings. The lowest BCUT2D eigenvalue weighted by molar-refractivity contribution is -0.385. The third-order valence-electron chi connectivity index (χ3n) is 4.13. The van der Waals surface area contributed by atoms with E-state index >= 15 is 0 Å². The fraction of sp³-hybridized carbons (Fsp3) is 0.111. The Labute approximate surface area is 178 Å². The van der Waals surface area contributed by atoms with Gasteiger partial charge in [-0.05, 0) is 23.8 Å². The van der Waals surface area contributed by atoms with E-state index in [1.54, 1.807) is 0 Å². The second kappa shape index (κ2) is 9.13. The monoisotopic (exact) mass is 442 g/mol. The van der Waals surface area contributed by atoms with Crippen LogP contribution < -0.4 is 10.6 Å². The summed E-state index contributed by atoms with van der Waals surface area (Å²) in [7, 11) is 0. The first-order chi connectivity index (χ1) is 14.8. The molecule has 0 aromatic heterocycles. The number of rotatable bonds is 6. The van der Waals surface area contributed by atoms with Gasteiger partial charge in [-0.25, -0.2) is 4.90 Å². The molecule has 1 aliphatic heterocycles. The van der Waals surface area contributed by atoms with Gasteiger partial charge in [0.15, 0.2) is 5.17 Å². The van der Waals surface area contributed by atoms with Gasteiger partial charge in [-0.1, -0.05) is 17.8 Å². The molecule has 1 atom stereocenters. The van der Waals surface area contributed by atoms with Gasteiger partial charge in [-0.3, -0.25) is 29.8 Å².